The number of aromatic nitrogens is 2. The molecule has 5 heteroatoms. The molecule has 2 aromatic carbocycles. The summed E-state index contributed by atoms with van der Waals surface area (Å²) in [6.07, 6.45) is -0.557. The Kier molecular flexibility index (Phi) is 7.29. The molecule has 0 aliphatic carbocycles. The van der Waals surface area contributed by atoms with Crippen molar-refractivity contribution in [1.82, 2.24) is 14.7 Å². The minimum Gasteiger partial charge on any atom is -0.491 e. The van der Waals surface area contributed by atoms with Crippen molar-refractivity contribution in [1.29, 1.82) is 0 Å². The number of aliphatic hydroxyl groups excluding tert-OH is 1. The first-order valence-electron chi connectivity index (χ1n) is 10.5. The number of ether oxygens (including phenoxy) is 1. The van der Waals surface area contributed by atoms with Crippen LogP contribution < -0.4 is 4.74 Å². The van der Waals surface area contributed by atoms with Gasteiger partial charge in [-0.3, -0.25) is 9.58 Å². The third-order valence-corrected chi connectivity index (χ3v) is 5.53. The number of aliphatic hydroxyl groups is 1. The molecule has 5 nitrogen and oxygen atoms in total. The second-order valence-electron chi connectivity index (χ2n) is 8.21. The molecule has 0 radical (unpaired) electrons. The predicted octanol–water partition coefficient (Wildman–Crippen LogP) is 4.04. The first kappa shape index (κ1) is 22.1. The molecule has 0 saturated heterocycles. The number of likely N-dealkylation sites (N-methyl/N-ethyl adjacent to an activating group) is 1. The molecule has 0 aliphatic rings. The number of rotatable bonds is 9. The molecule has 0 fully saturated rings. The fourth-order valence-electron chi connectivity index (χ4n) is 3.64. The van der Waals surface area contributed by atoms with E-state index in [4.69, 9.17) is 9.84 Å². The molecule has 0 bridgehead atoms. The monoisotopic (exact) mass is 407 g/mol. The van der Waals surface area contributed by atoms with Crippen LogP contribution in [0.5, 0.6) is 5.75 Å². The molecule has 0 saturated carbocycles. The van der Waals surface area contributed by atoms with Gasteiger partial charge in [0, 0.05) is 24.3 Å². The average Bonchev–Trinajstić information content (AvgIpc) is 2.96. The van der Waals surface area contributed by atoms with E-state index in [0.29, 0.717) is 6.54 Å². The second-order valence-corrected chi connectivity index (χ2v) is 8.21. The number of aryl methyl sites for hydroxylation is 3. The molecule has 0 spiro atoms. The third kappa shape index (κ3) is 5.71. The van der Waals surface area contributed by atoms with Crippen molar-refractivity contribution in [3.05, 3.63) is 82.2 Å². The van der Waals surface area contributed by atoms with Gasteiger partial charge in [0.25, 0.3) is 0 Å². The van der Waals surface area contributed by atoms with E-state index in [-0.39, 0.29) is 6.61 Å². The van der Waals surface area contributed by atoms with Crippen LogP contribution in [0, 0.1) is 27.7 Å². The normalized spacial score (nSPS) is 12.4. The highest BCUT2D eigenvalue weighted by Gasteiger charge is 2.16. The maximum Gasteiger partial charge on any atom is 0.119 e. The van der Waals surface area contributed by atoms with E-state index in [1.807, 2.05) is 38.2 Å². The van der Waals surface area contributed by atoms with Gasteiger partial charge in [-0.1, -0.05) is 42.0 Å². The Morgan fingerprint density at radius 2 is 1.73 bits per heavy atom. The fraction of sp³-hybridized carbons (Fsp3) is 0.400. The van der Waals surface area contributed by atoms with Gasteiger partial charge in [0.15, 0.2) is 0 Å². The Bertz CT molecular complexity index is 963. The maximum atomic E-state index is 10.4. The number of hydrogen-bond acceptors (Lipinski definition) is 4. The molecular formula is C25H33N3O2. The van der Waals surface area contributed by atoms with Crippen molar-refractivity contribution in [3.8, 4) is 5.75 Å². The van der Waals surface area contributed by atoms with E-state index >= 15 is 0 Å². The Balaban J connectivity index is 1.56. The number of nitrogens with zero attached hydrogens (tertiary/aromatic N) is 3. The first-order valence-corrected chi connectivity index (χ1v) is 10.5. The van der Waals surface area contributed by atoms with Gasteiger partial charge in [-0.15, -0.1) is 0 Å². The van der Waals surface area contributed by atoms with Crippen LogP contribution in [0.4, 0.5) is 0 Å². The van der Waals surface area contributed by atoms with Gasteiger partial charge < -0.3 is 9.84 Å². The SMILES string of the molecule is Cc1ccc(OCC(O)CN(C)Cc2c(C)nn(Cc3ccccc3C)c2C)cc1. The van der Waals surface area contributed by atoms with Crippen LogP contribution in [0.2, 0.25) is 0 Å². The highest BCUT2D eigenvalue weighted by Crippen LogP contribution is 2.18. The van der Waals surface area contributed by atoms with Gasteiger partial charge in [0.2, 0.25) is 0 Å². The molecule has 160 valence electrons. The van der Waals surface area contributed by atoms with Gasteiger partial charge in [0.05, 0.1) is 12.2 Å². The Morgan fingerprint density at radius 3 is 2.43 bits per heavy atom. The van der Waals surface area contributed by atoms with E-state index < -0.39 is 6.10 Å². The molecular weight excluding hydrogens is 374 g/mol. The van der Waals surface area contributed by atoms with Gasteiger partial charge in [-0.25, -0.2) is 0 Å². The van der Waals surface area contributed by atoms with Gasteiger partial charge in [0.1, 0.15) is 18.5 Å². The van der Waals surface area contributed by atoms with Gasteiger partial charge in [-0.05, 0) is 58.0 Å². The zero-order valence-corrected chi connectivity index (χ0v) is 18.7. The van der Waals surface area contributed by atoms with E-state index in [1.165, 1.54) is 27.9 Å². The minimum atomic E-state index is -0.557. The predicted molar refractivity (Wildman–Crippen MR) is 121 cm³/mol. The zero-order valence-electron chi connectivity index (χ0n) is 18.7. The lowest BCUT2D eigenvalue weighted by Gasteiger charge is -2.21. The van der Waals surface area contributed by atoms with E-state index in [0.717, 1.165) is 24.5 Å². The van der Waals surface area contributed by atoms with E-state index in [2.05, 4.69) is 54.6 Å². The maximum absolute atomic E-state index is 10.4. The largest absolute Gasteiger partial charge is 0.491 e. The Hall–Kier alpha value is -2.63. The lowest BCUT2D eigenvalue weighted by Crippen LogP contribution is -2.33. The summed E-state index contributed by atoms with van der Waals surface area (Å²) in [6.45, 7) is 10.7. The molecule has 1 unspecified atom stereocenters. The standard InChI is InChI=1S/C25H33N3O2/c1-18-10-12-24(13-11-18)30-17-23(29)15-27(5)16-25-20(3)26-28(21(25)4)14-22-9-7-6-8-19(22)2/h6-13,23,29H,14-17H2,1-5H3. The van der Waals surface area contributed by atoms with Crippen LogP contribution in [0.1, 0.15) is 33.6 Å². The number of benzene rings is 2. The molecule has 3 aromatic rings. The summed E-state index contributed by atoms with van der Waals surface area (Å²) in [7, 11) is 2.02. The summed E-state index contributed by atoms with van der Waals surface area (Å²) >= 11 is 0. The van der Waals surface area contributed by atoms with Crippen LogP contribution in [0.15, 0.2) is 48.5 Å². The highest BCUT2D eigenvalue weighted by molar-refractivity contribution is 5.29. The molecule has 1 N–H and O–H groups in total. The van der Waals surface area contributed by atoms with Gasteiger partial charge >= 0.3 is 0 Å². The molecule has 1 atom stereocenters. The van der Waals surface area contributed by atoms with Gasteiger partial charge in [-0.2, -0.15) is 5.10 Å². The lowest BCUT2D eigenvalue weighted by atomic mass is 10.1. The zero-order chi connectivity index (χ0) is 21.7. The topological polar surface area (TPSA) is 50.5 Å². The quantitative estimate of drug-likeness (QED) is 0.582. The minimum absolute atomic E-state index is 0.276. The molecule has 3 rings (SSSR count). The summed E-state index contributed by atoms with van der Waals surface area (Å²) in [5.74, 6) is 0.784. The number of hydrogen-bond donors (Lipinski definition) is 1. The van der Waals surface area contributed by atoms with Crippen molar-refractivity contribution >= 4 is 0 Å². The van der Waals surface area contributed by atoms with Crippen LogP contribution in [-0.4, -0.2) is 46.1 Å². The van der Waals surface area contributed by atoms with Crippen LogP contribution in [0.25, 0.3) is 0 Å². The lowest BCUT2D eigenvalue weighted by molar-refractivity contribution is 0.0743. The second kappa shape index (κ2) is 9.92. The highest BCUT2D eigenvalue weighted by atomic mass is 16.5. The fourth-order valence-corrected chi connectivity index (χ4v) is 3.64. The van der Waals surface area contributed by atoms with Crippen molar-refractivity contribution in [2.45, 2.75) is 46.9 Å². The van der Waals surface area contributed by atoms with E-state index in [9.17, 15) is 5.11 Å². The van der Waals surface area contributed by atoms with Crippen LogP contribution in [-0.2, 0) is 13.1 Å². The molecule has 1 aromatic heterocycles. The Morgan fingerprint density at radius 1 is 1.03 bits per heavy atom. The van der Waals surface area contributed by atoms with E-state index in [1.54, 1.807) is 0 Å². The summed E-state index contributed by atoms with van der Waals surface area (Å²) in [5.41, 5.74) is 7.19. The van der Waals surface area contributed by atoms with Crippen molar-refractivity contribution in [2.24, 2.45) is 0 Å². The summed E-state index contributed by atoms with van der Waals surface area (Å²) in [6, 6.07) is 16.3. The summed E-state index contributed by atoms with van der Waals surface area (Å²) in [5, 5.41) is 15.2. The molecule has 0 amide bonds. The average molecular weight is 408 g/mol. The molecule has 30 heavy (non-hydrogen) atoms. The van der Waals surface area contributed by atoms with Crippen LogP contribution in [0.3, 0.4) is 0 Å². The van der Waals surface area contributed by atoms with Crippen molar-refractivity contribution < 1.29 is 9.84 Å². The summed E-state index contributed by atoms with van der Waals surface area (Å²) < 4.78 is 7.79. The smallest absolute Gasteiger partial charge is 0.119 e. The molecule has 0 aliphatic heterocycles. The van der Waals surface area contributed by atoms with Crippen LogP contribution >= 0.6 is 0 Å². The Labute approximate surface area is 179 Å². The molecule has 1 heterocycles. The third-order valence-electron chi connectivity index (χ3n) is 5.53. The van der Waals surface area contributed by atoms with Crippen molar-refractivity contribution in [3.63, 3.8) is 0 Å². The van der Waals surface area contributed by atoms with Crippen molar-refractivity contribution in [2.75, 3.05) is 20.2 Å². The first-order chi connectivity index (χ1) is 14.3. The summed E-state index contributed by atoms with van der Waals surface area (Å²) in [4.78, 5) is 2.12.